The molecule has 0 bridgehead atoms. The second kappa shape index (κ2) is 9.88. The number of benzene rings is 1. The molecule has 0 aliphatic carbocycles. The number of allylic oxidation sites excluding steroid dienone is 1. The molecule has 20 heavy (non-hydrogen) atoms. The van der Waals surface area contributed by atoms with Crippen molar-refractivity contribution in [1.29, 1.82) is 0 Å². The molecule has 3 heteroatoms. The topological polar surface area (TPSA) is 41.1 Å². The Bertz CT molecular complexity index is 445. The van der Waals surface area contributed by atoms with E-state index in [0.29, 0.717) is 19.0 Å². The minimum atomic E-state index is -0.115. The van der Waals surface area contributed by atoms with E-state index in [1.807, 2.05) is 42.5 Å². The normalized spacial score (nSPS) is 9.75. The van der Waals surface area contributed by atoms with Crippen LogP contribution in [-0.2, 0) is 6.54 Å². The first-order chi connectivity index (χ1) is 9.68. The van der Waals surface area contributed by atoms with Crippen molar-refractivity contribution in [3.05, 3.63) is 53.8 Å². The molecule has 0 fully saturated rings. The standard InChI is InChI=1S/C17H24N2O/c1-15(2)10-6-3-4-9-13-18-17(20)19-14-16-11-7-5-8-12-16/h3,5,7-8,10-12,15H,4,9,13-14H2,1-2H3,(H2,18,19,20). The van der Waals surface area contributed by atoms with Gasteiger partial charge < -0.3 is 10.6 Å². The summed E-state index contributed by atoms with van der Waals surface area (Å²) in [7, 11) is 0. The maximum Gasteiger partial charge on any atom is 0.315 e. The number of carbonyl (C=O) groups is 1. The fraction of sp³-hybridized carbons (Fsp3) is 0.412. The number of hydrogen-bond acceptors (Lipinski definition) is 1. The predicted octanol–water partition coefficient (Wildman–Crippen LogP) is 3.63. The Morgan fingerprint density at radius 1 is 1.25 bits per heavy atom. The molecule has 3 nitrogen and oxygen atoms in total. The molecule has 0 aromatic heterocycles. The lowest BCUT2D eigenvalue weighted by Crippen LogP contribution is -2.35. The molecule has 0 aliphatic heterocycles. The minimum Gasteiger partial charge on any atom is -0.338 e. The molecule has 0 radical (unpaired) electrons. The van der Waals surface area contributed by atoms with Crippen molar-refractivity contribution in [2.75, 3.05) is 6.54 Å². The van der Waals surface area contributed by atoms with Crippen molar-refractivity contribution >= 4 is 6.03 Å². The molecule has 1 aromatic rings. The fourth-order valence-electron chi connectivity index (χ4n) is 1.59. The number of amides is 2. The molecule has 1 aromatic carbocycles. The molecule has 0 unspecified atom stereocenters. The highest BCUT2D eigenvalue weighted by Gasteiger charge is 1.98. The Morgan fingerprint density at radius 3 is 2.70 bits per heavy atom. The Kier molecular flexibility index (Phi) is 7.93. The molecule has 0 spiro atoms. The van der Waals surface area contributed by atoms with E-state index < -0.39 is 0 Å². The van der Waals surface area contributed by atoms with Crippen LogP contribution in [0.1, 0.15) is 32.3 Å². The lowest BCUT2D eigenvalue weighted by Gasteiger charge is -2.06. The van der Waals surface area contributed by atoms with Gasteiger partial charge in [-0.2, -0.15) is 0 Å². The Hall–Kier alpha value is -1.99. The molecule has 1 rings (SSSR count). The van der Waals surface area contributed by atoms with Crippen LogP contribution in [-0.4, -0.2) is 12.6 Å². The average molecular weight is 272 g/mol. The van der Waals surface area contributed by atoms with Crippen molar-refractivity contribution in [1.82, 2.24) is 10.6 Å². The molecule has 0 atom stereocenters. The van der Waals surface area contributed by atoms with Gasteiger partial charge in [0.25, 0.3) is 0 Å². The smallest absolute Gasteiger partial charge is 0.315 e. The Morgan fingerprint density at radius 2 is 2.00 bits per heavy atom. The number of nitrogens with one attached hydrogen (secondary N) is 2. The molecular formula is C17H24N2O. The van der Waals surface area contributed by atoms with Gasteiger partial charge in [0.15, 0.2) is 0 Å². The second-order valence-corrected chi connectivity index (χ2v) is 5.02. The first kappa shape index (κ1) is 16.1. The molecule has 2 amide bonds. The summed E-state index contributed by atoms with van der Waals surface area (Å²) >= 11 is 0. The Balaban J connectivity index is 2.07. The van der Waals surface area contributed by atoms with Gasteiger partial charge in [0.1, 0.15) is 0 Å². The second-order valence-electron chi connectivity index (χ2n) is 5.02. The third kappa shape index (κ3) is 8.17. The van der Waals surface area contributed by atoms with E-state index in [9.17, 15) is 4.79 Å². The van der Waals surface area contributed by atoms with Crippen LogP contribution >= 0.6 is 0 Å². The van der Waals surface area contributed by atoms with E-state index in [0.717, 1.165) is 18.4 Å². The van der Waals surface area contributed by atoms with E-state index in [1.54, 1.807) is 0 Å². The van der Waals surface area contributed by atoms with Gasteiger partial charge >= 0.3 is 6.03 Å². The highest BCUT2D eigenvalue weighted by Crippen LogP contribution is 1.97. The van der Waals surface area contributed by atoms with Crippen LogP contribution in [0.15, 0.2) is 48.2 Å². The fourth-order valence-corrected chi connectivity index (χ4v) is 1.59. The summed E-state index contributed by atoms with van der Waals surface area (Å²) in [5, 5.41) is 5.68. The van der Waals surface area contributed by atoms with Crippen LogP contribution in [0.5, 0.6) is 0 Å². The molecule has 108 valence electrons. The largest absolute Gasteiger partial charge is 0.338 e. The van der Waals surface area contributed by atoms with Gasteiger partial charge in [-0.25, -0.2) is 4.79 Å². The van der Waals surface area contributed by atoms with Gasteiger partial charge in [-0.15, -0.1) is 5.73 Å². The van der Waals surface area contributed by atoms with Crippen molar-refractivity contribution < 1.29 is 4.79 Å². The van der Waals surface area contributed by atoms with Crippen molar-refractivity contribution in [2.24, 2.45) is 5.92 Å². The number of urea groups is 1. The highest BCUT2D eigenvalue weighted by atomic mass is 16.2. The Labute approximate surface area is 121 Å². The number of carbonyl (C=O) groups excluding carboxylic acids is 1. The summed E-state index contributed by atoms with van der Waals surface area (Å²) < 4.78 is 0. The molecule has 2 N–H and O–H groups in total. The zero-order valence-corrected chi connectivity index (χ0v) is 12.4. The molecule has 0 heterocycles. The number of unbranched alkanes of at least 4 members (excludes halogenated alkanes) is 1. The van der Waals surface area contributed by atoms with E-state index in [2.05, 4.69) is 30.2 Å². The van der Waals surface area contributed by atoms with Crippen LogP contribution in [0.2, 0.25) is 0 Å². The quantitative estimate of drug-likeness (QED) is 0.577. The first-order valence-corrected chi connectivity index (χ1v) is 7.15. The summed E-state index contributed by atoms with van der Waals surface area (Å²) in [6.07, 6.45) is 5.92. The number of hydrogen-bond donors (Lipinski definition) is 2. The van der Waals surface area contributed by atoms with Crippen LogP contribution in [0.4, 0.5) is 4.79 Å². The van der Waals surface area contributed by atoms with Crippen LogP contribution in [0.3, 0.4) is 0 Å². The zero-order chi connectivity index (χ0) is 14.6. The summed E-state index contributed by atoms with van der Waals surface area (Å²) in [4.78, 5) is 11.5. The van der Waals surface area contributed by atoms with Gasteiger partial charge in [-0.1, -0.05) is 44.2 Å². The van der Waals surface area contributed by atoms with E-state index in [-0.39, 0.29) is 6.03 Å². The van der Waals surface area contributed by atoms with E-state index in [1.165, 1.54) is 0 Å². The van der Waals surface area contributed by atoms with E-state index >= 15 is 0 Å². The lowest BCUT2D eigenvalue weighted by molar-refractivity contribution is 0.240. The number of rotatable bonds is 7. The monoisotopic (exact) mass is 272 g/mol. The molecule has 0 saturated carbocycles. The van der Waals surface area contributed by atoms with Crippen molar-refractivity contribution in [2.45, 2.75) is 33.2 Å². The zero-order valence-electron chi connectivity index (χ0n) is 12.4. The van der Waals surface area contributed by atoms with Gasteiger partial charge in [0.2, 0.25) is 0 Å². The van der Waals surface area contributed by atoms with Crippen molar-refractivity contribution in [3.63, 3.8) is 0 Å². The molecular weight excluding hydrogens is 248 g/mol. The third-order valence-electron chi connectivity index (χ3n) is 2.65. The van der Waals surface area contributed by atoms with Crippen LogP contribution < -0.4 is 10.6 Å². The van der Waals surface area contributed by atoms with Crippen LogP contribution in [0.25, 0.3) is 0 Å². The van der Waals surface area contributed by atoms with Gasteiger partial charge in [-0.3, -0.25) is 0 Å². The van der Waals surface area contributed by atoms with E-state index in [4.69, 9.17) is 0 Å². The molecule has 0 aliphatic rings. The first-order valence-electron chi connectivity index (χ1n) is 7.15. The summed E-state index contributed by atoms with van der Waals surface area (Å²) in [6.45, 7) is 5.49. The maximum atomic E-state index is 11.5. The summed E-state index contributed by atoms with van der Waals surface area (Å²) in [5.41, 5.74) is 4.24. The summed E-state index contributed by atoms with van der Waals surface area (Å²) in [6, 6.07) is 9.76. The SMILES string of the molecule is CC(C)C=C=CCCCNC(=O)NCc1ccccc1. The van der Waals surface area contributed by atoms with Crippen molar-refractivity contribution in [3.8, 4) is 0 Å². The van der Waals surface area contributed by atoms with Gasteiger partial charge in [0, 0.05) is 13.1 Å². The summed E-state index contributed by atoms with van der Waals surface area (Å²) in [5.74, 6) is 0.535. The third-order valence-corrected chi connectivity index (χ3v) is 2.65. The average Bonchev–Trinajstić information content (AvgIpc) is 2.45. The minimum absolute atomic E-state index is 0.115. The van der Waals surface area contributed by atoms with Crippen LogP contribution in [0, 0.1) is 5.92 Å². The highest BCUT2D eigenvalue weighted by molar-refractivity contribution is 5.73. The van der Waals surface area contributed by atoms with Gasteiger partial charge in [0.05, 0.1) is 0 Å². The predicted molar refractivity (Wildman–Crippen MR) is 83.4 cm³/mol. The molecule has 0 saturated heterocycles. The lowest BCUT2D eigenvalue weighted by atomic mass is 10.2. The maximum absolute atomic E-state index is 11.5. The van der Waals surface area contributed by atoms with Gasteiger partial charge in [-0.05, 0) is 36.5 Å².